The van der Waals surface area contributed by atoms with E-state index in [2.05, 4.69) is 18.2 Å². The van der Waals surface area contributed by atoms with Gasteiger partial charge in [-0.2, -0.15) is 0 Å². The van der Waals surface area contributed by atoms with Crippen molar-refractivity contribution in [3.63, 3.8) is 0 Å². The summed E-state index contributed by atoms with van der Waals surface area (Å²) in [6, 6.07) is 14.3. The summed E-state index contributed by atoms with van der Waals surface area (Å²) in [6.45, 7) is 0. The Labute approximate surface area is 108 Å². The van der Waals surface area contributed by atoms with Crippen LogP contribution in [0.2, 0.25) is 0 Å². The summed E-state index contributed by atoms with van der Waals surface area (Å²) in [5, 5.41) is 2.37. The standard InChI is InChI=1S/C17H18O/c18-17(14-7-2-1-3-8-14)16-11-10-13-6-4-5-9-15(13)12-16/h4-6,9-12,14H,1-3,7-8H2. The van der Waals surface area contributed by atoms with Gasteiger partial charge in [-0.05, 0) is 29.7 Å². The van der Waals surface area contributed by atoms with Crippen LogP contribution in [0.1, 0.15) is 42.5 Å². The maximum absolute atomic E-state index is 12.4. The van der Waals surface area contributed by atoms with Crippen molar-refractivity contribution in [3.05, 3.63) is 48.0 Å². The van der Waals surface area contributed by atoms with Crippen LogP contribution >= 0.6 is 0 Å². The van der Waals surface area contributed by atoms with E-state index in [1.165, 1.54) is 30.0 Å². The van der Waals surface area contributed by atoms with Crippen molar-refractivity contribution < 1.29 is 4.79 Å². The van der Waals surface area contributed by atoms with Crippen LogP contribution in [-0.2, 0) is 0 Å². The Morgan fingerprint density at radius 2 is 1.61 bits per heavy atom. The molecule has 1 fully saturated rings. The quantitative estimate of drug-likeness (QED) is 0.699. The Morgan fingerprint density at radius 1 is 0.889 bits per heavy atom. The molecule has 18 heavy (non-hydrogen) atoms. The number of carbonyl (C=O) groups is 1. The fourth-order valence-corrected chi connectivity index (χ4v) is 2.94. The minimum atomic E-state index is 0.264. The number of hydrogen-bond acceptors (Lipinski definition) is 1. The maximum atomic E-state index is 12.4. The van der Waals surface area contributed by atoms with Crippen molar-refractivity contribution in [2.45, 2.75) is 32.1 Å². The molecule has 0 radical (unpaired) electrons. The molecule has 0 heterocycles. The van der Waals surface area contributed by atoms with Crippen LogP contribution in [0.15, 0.2) is 42.5 Å². The predicted octanol–water partition coefficient (Wildman–Crippen LogP) is 4.60. The average molecular weight is 238 g/mol. The molecular formula is C17H18O. The zero-order valence-electron chi connectivity index (χ0n) is 10.6. The lowest BCUT2D eigenvalue weighted by Crippen LogP contribution is -2.17. The number of benzene rings is 2. The topological polar surface area (TPSA) is 17.1 Å². The number of Topliss-reactive ketones (excluding diaryl/α,β-unsaturated/α-hetero) is 1. The minimum Gasteiger partial charge on any atom is -0.294 e. The van der Waals surface area contributed by atoms with Gasteiger partial charge in [0.05, 0.1) is 0 Å². The van der Waals surface area contributed by atoms with E-state index in [1.54, 1.807) is 0 Å². The van der Waals surface area contributed by atoms with E-state index in [4.69, 9.17) is 0 Å². The monoisotopic (exact) mass is 238 g/mol. The summed E-state index contributed by atoms with van der Waals surface area (Å²) in [4.78, 5) is 12.4. The molecule has 2 aromatic carbocycles. The average Bonchev–Trinajstić information content (AvgIpc) is 2.47. The summed E-state index contributed by atoms with van der Waals surface area (Å²) in [5.74, 6) is 0.611. The predicted molar refractivity (Wildman–Crippen MR) is 74.9 cm³/mol. The van der Waals surface area contributed by atoms with Crippen molar-refractivity contribution in [3.8, 4) is 0 Å². The molecule has 3 rings (SSSR count). The van der Waals surface area contributed by atoms with Gasteiger partial charge in [0.15, 0.2) is 5.78 Å². The molecule has 0 saturated heterocycles. The zero-order chi connectivity index (χ0) is 12.4. The van der Waals surface area contributed by atoms with Gasteiger partial charge in [-0.15, -0.1) is 0 Å². The molecule has 0 atom stereocenters. The maximum Gasteiger partial charge on any atom is 0.165 e. The van der Waals surface area contributed by atoms with Crippen molar-refractivity contribution in [1.29, 1.82) is 0 Å². The first-order valence-electron chi connectivity index (χ1n) is 6.87. The largest absolute Gasteiger partial charge is 0.294 e. The number of ketones is 1. The van der Waals surface area contributed by atoms with Gasteiger partial charge in [-0.1, -0.05) is 55.7 Å². The SMILES string of the molecule is O=C(c1ccc2ccccc2c1)C1CCCCC1. The highest BCUT2D eigenvalue weighted by atomic mass is 16.1. The fraction of sp³-hybridized carbons (Fsp3) is 0.353. The Balaban J connectivity index is 1.91. The second-order valence-corrected chi connectivity index (χ2v) is 5.26. The van der Waals surface area contributed by atoms with Gasteiger partial charge in [-0.3, -0.25) is 4.79 Å². The lowest BCUT2D eigenvalue weighted by atomic mass is 9.83. The first-order chi connectivity index (χ1) is 8.84. The zero-order valence-corrected chi connectivity index (χ0v) is 10.6. The molecule has 0 unspecified atom stereocenters. The van der Waals surface area contributed by atoms with Crippen LogP contribution in [-0.4, -0.2) is 5.78 Å². The van der Waals surface area contributed by atoms with E-state index < -0.39 is 0 Å². The van der Waals surface area contributed by atoms with E-state index in [0.717, 1.165) is 18.4 Å². The molecule has 0 N–H and O–H groups in total. The van der Waals surface area contributed by atoms with Crippen molar-refractivity contribution in [1.82, 2.24) is 0 Å². The summed E-state index contributed by atoms with van der Waals surface area (Å²) < 4.78 is 0. The Kier molecular flexibility index (Phi) is 3.14. The number of hydrogen-bond donors (Lipinski definition) is 0. The van der Waals surface area contributed by atoms with E-state index in [1.807, 2.05) is 24.3 Å². The summed E-state index contributed by atoms with van der Waals surface area (Å²) in [7, 11) is 0. The highest BCUT2D eigenvalue weighted by Gasteiger charge is 2.22. The highest BCUT2D eigenvalue weighted by molar-refractivity contribution is 6.01. The van der Waals surface area contributed by atoms with Gasteiger partial charge >= 0.3 is 0 Å². The Bertz CT molecular complexity index is 565. The molecule has 1 saturated carbocycles. The number of rotatable bonds is 2. The van der Waals surface area contributed by atoms with Gasteiger partial charge in [0.25, 0.3) is 0 Å². The van der Waals surface area contributed by atoms with Crippen molar-refractivity contribution in [2.75, 3.05) is 0 Å². The molecule has 0 amide bonds. The fourth-order valence-electron chi connectivity index (χ4n) is 2.94. The molecule has 0 aromatic heterocycles. The van der Waals surface area contributed by atoms with E-state index >= 15 is 0 Å². The van der Waals surface area contributed by atoms with Crippen LogP contribution in [0.3, 0.4) is 0 Å². The molecule has 0 spiro atoms. The molecule has 1 aliphatic carbocycles. The van der Waals surface area contributed by atoms with Gasteiger partial charge in [0, 0.05) is 11.5 Å². The highest BCUT2D eigenvalue weighted by Crippen LogP contribution is 2.27. The van der Waals surface area contributed by atoms with Gasteiger partial charge in [0.1, 0.15) is 0 Å². The summed E-state index contributed by atoms with van der Waals surface area (Å²) in [6.07, 6.45) is 5.87. The number of fused-ring (bicyclic) bond motifs is 1. The molecule has 1 heteroatoms. The van der Waals surface area contributed by atoms with E-state index in [9.17, 15) is 4.79 Å². The molecule has 0 bridgehead atoms. The third-order valence-corrected chi connectivity index (χ3v) is 4.01. The second-order valence-electron chi connectivity index (χ2n) is 5.26. The van der Waals surface area contributed by atoms with Gasteiger partial charge in [0.2, 0.25) is 0 Å². The van der Waals surface area contributed by atoms with Gasteiger partial charge in [-0.25, -0.2) is 0 Å². The normalized spacial score (nSPS) is 16.9. The minimum absolute atomic E-state index is 0.264. The summed E-state index contributed by atoms with van der Waals surface area (Å²) >= 11 is 0. The third kappa shape index (κ3) is 2.17. The molecule has 1 nitrogen and oxygen atoms in total. The lowest BCUT2D eigenvalue weighted by Gasteiger charge is -2.20. The van der Waals surface area contributed by atoms with Crippen LogP contribution < -0.4 is 0 Å². The first-order valence-corrected chi connectivity index (χ1v) is 6.87. The van der Waals surface area contributed by atoms with Crippen molar-refractivity contribution >= 4 is 16.6 Å². The van der Waals surface area contributed by atoms with E-state index in [0.29, 0.717) is 5.78 Å². The Morgan fingerprint density at radius 3 is 2.39 bits per heavy atom. The van der Waals surface area contributed by atoms with Crippen LogP contribution in [0.5, 0.6) is 0 Å². The third-order valence-electron chi connectivity index (χ3n) is 4.01. The van der Waals surface area contributed by atoms with Crippen molar-refractivity contribution in [2.24, 2.45) is 5.92 Å². The molecule has 92 valence electrons. The van der Waals surface area contributed by atoms with Gasteiger partial charge < -0.3 is 0 Å². The molecule has 1 aliphatic rings. The van der Waals surface area contributed by atoms with Crippen LogP contribution in [0, 0.1) is 5.92 Å². The lowest BCUT2D eigenvalue weighted by molar-refractivity contribution is 0.0889. The van der Waals surface area contributed by atoms with Crippen LogP contribution in [0.4, 0.5) is 0 Å². The summed E-state index contributed by atoms with van der Waals surface area (Å²) in [5.41, 5.74) is 0.889. The number of carbonyl (C=O) groups excluding carboxylic acids is 1. The molecule has 2 aromatic rings. The smallest absolute Gasteiger partial charge is 0.165 e. The molecule has 0 aliphatic heterocycles. The second kappa shape index (κ2) is 4.93. The van der Waals surface area contributed by atoms with E-state index in [-0.39, 0.29) is 5.92 Å². The Hall–Kier alpha value is -1.63. The first kappa shape index (κ1) is 11.5. The molecular weight excluding hydrogens is 220 g/mol. The van der Waals surface area contributed by atoms with Crippen LogP contribution in [0.25, 0.3) is 10.8 Å².